The second-order valence-electron chi connectivity index (χ2n) is 7.74. The summed E-state index contributed by atoms with van der Waals surface area (Å²) in [6.07, 6.45) is 4.24. The van der Waals surface area contributed by atoms with E-state index in [9.17, 15) is 4.79 Å². The molecular formula is C15H19NO. The third kappa shape index (κ3) is 0.794. The molecule has 7 saturated carbocycles. The Morgan fingerprint density at radius 3 is 2.06 bits per heavy atom. The van der Waals surface area contributed by atoms with Crippen LogP contribution >= 0.6 is 0 Å². The standard InChI is InChI=1S/C15H19NO/c17-15(16-4-5-1-2-5)14-12-10-7-3-6-8(10)9(6)11(7)13(12)14/h5-14H,1-4H2,(H,16,17)/t6?,7?,8-,9+,10+,11-,12-,13-,14?/m0/s1. The lowest BCUT2D eigenvalue weighted by molar-refractivity contribution is -0.123. The molecule has 6 bridgehead atoms. The Kier molecular flexibility index (Phi) is 1.16. The van der Waals surface area contributed by atoms with Gasteiger partial charge >= 0.3 is 0 Å². The van der Waals surface area contributed by atoms with Crippen LogP contribution in [0.1, 0.15) is 19.3 Å². The first kappa shape index (κ1) is 8.55. The summed E-state index contributed by atoms with van der Waals surface area (Å²) in [5, 5.41) is 3.22. The Morgan fingerprint density at radius 1 is 0.941 bits per heavy atom. The minimum Gasteiger partial charge on any atom is -0.356 e. The molecule has 0 aromatic heterocycles. The molecule has 90 valence electrons. The Morgan fingerprint density at radius 2 is 1.53 bits per heavy atom. The van der Waals surface area contributed by atoms with E-state index in [2.05, 4.69) is 5.32 Å². The molecule has 0 aromatic rings. The van der Waals surface area contributed by atoms with E-state index in [0.29, 0.717) is 11.8 Å². The molecule has 1 N–H and O–H groups in total. The number of hydrogen-bond acceptors (Lipinski definition) is 1. The van der Waals surface area contributed by atoms with E-state index in [0.717, 1.165) is 59.8 Å². The van der Waals surface area contributed by atoms with Crippen molar-refractivity contribution in [1.82, 2.24) is 5.32 Å². The highest BCUT2D eigenvalue weighted by Gasteiger charge is 2.87. The fourth-order valence-corrected chi connectivity index (χ4v) is 6.75. The normalized spacial score (nSPS) is 66.9. The minimum absolute atomic E-state index is 0.431. The molecule has 17 heavy (non-hydrogen) atoms. The van der Waals surface area contributed by atoms with Crippen molar-refractivity contribution < 1.29 is 4.79 Å². The molecule has 0 radical (unpaired) electrons. The molecule has 2 nitrogen and oxygen atoms in total. The lowest BCUT2D eigenvalue weighted by atomic mass is 9.91. The number of fused-ring (bicyclic) bond motifs is 1. The molecule has 0 aliphatic heterocycles. The van der Waals surface area contributed by atoms with E-state index >= 15 is 0 Å². The zero-order chi connectivity index (χ0) is 10.9. The van der Waals surface area contributed by atoms with Crippen molar-refractivity contribution >= 4 is 5.91 Å². The van der Waals surface area contributed by atoms with Gasteiger partial charge in [-0.05, 0) is 72.5 Å². The largest absolute Gasteiger partial charge is 0.356 e. The average molecular weight is 229 g/mol. The van der Waals surface area contributed by atoms with Crippen LogP contribution < -0.4 is 5.32 Å². The number of carbonyl (C=O) groups is 1. The first-order valence-electron chi connectivity index (χ1n) is 7.64. The van der Waals surface area contributed by atoms with Crippen LogP contribution in [0.4, 0.5) is 0 Å². The maximum atomic E-state index is 12.2. The van der Waals surface area contributed by atoms with Gasteiger partial charge in [-0.25, -0.2) is 0 Å². The van der Waals surface area contributed by atoms with Crippen LogP contribution in [0, 0.1) is 59.2 Å². The van der Waals surface area contributed by atoms with Gasteiger partial charge in [0.15, 0.2) is 0 Å². The van der Waals surface area contributed by atoms with Gasteiger partial charge in [-0.3, -0.25) is 4.79 Å². The summed E-state index contributed by atoms with van der Waals surface area (Å²) in [5.74, 6) is 9.86. The van der Waals surface area contributed by atoms with Crippen molar-refractivity contribution in [2.75, 3.05) is 6.54 Å². The molecule has 7 aliphatic carbocycles. The molecule has 7 rings (SSSR count). The summed E-state index contributed by atoms with van der Waals surface area (Å²) in [7, 11) is 0. The maximum absolute atomic E-state index is 12.2. The lowest BCUT2D eigenvalue weighted by Gasteiger charge is -2.16. The smallest absolute Gasteiger partial charge is 0.223 e. The summed E-state index contributed by atoms with van der Waals surface area (Å²) >= 11 is 0. The van der Waals surface area contributed by atoms with Gasteiger partial charge in [0.05, 0.1) is 0 Å². The van der Waals surface area contributed by atoms with Crippen LogP contribution in [0.2, 0.25) is 0 Å². The molecule has 3 unspecified atom stereocenters. The highest BCUT2D eigenvalue weighted by atomic mass is 16.2. The zero-order valence-electron chi connectivity index (χ0n) is 10.0. The van der Waals surface area contributed by atoms with E-state index in [-0.39, 0.29) is 0 Å². The minimum atomic E-state index is 0.431. The van der Waals surface area contributed by atoms with Gasteiger partial charge in [0.25, 0.3) is 0 Å². The Labute approximate surface area is 102 Å². The topological polar surface area (TPSA) is 29.1 Å². The molecule has 9 atom stereocenters. The summed E-state index contributed by atoms with van der Waals surface area (Å²) in [6.45, 7) is 0.975. The van der Waals surface area contributed by atoms with Crippen molar-refractivity contribution in [3.8, 4) is 0 Å². The summed E-state index contributed by atoms with van der Waals surface area (Å²) in [5.41, 5.74) is 0. The molecule has 2 heteroatoms. The van der Waals surface area contributed by atoms with Gasteiger partial charge in [0.1, 0.15) is 0 Å². The van der Waals surface area contributed by atoms with E-state index in [1.807, 2.05) is 0 Å². The first-order chi connectivity index (χ1) is 8.36. The van der Waals surface area contributed by atoms with E-state index in [1.165, 1.54) is 12.8 Å². The predicted octanol–water partition coefficient (Wildman–Crippen LogP) is 1.52. The average Bonchev–Trinajstić information content (AvgIpc) is 3.28. The highest BCUT2D eigenvalue weighted by Crippen LogP contribution is 2.89. The van der Waals surface area contributed by atoms with Crippen LogP contribution in [0.3, 0.4) is 0 Å². The Balaban J connectivity index is 1.22. The van der Waals surface area contributed by atoms with Gasteiger partial charge < -0.3 is 5.32 Å². The number of nitrogens with one attached hydrogen (secondary N) is 1. The first-order valence-corrected chi connectivity index (χ1v) is 7.64. The SMILES string of the molecule is O=C(NCC1CC1)C1[C@H]2[C@@H]3C4CC5[C@H]([C@H]53)[C@H]4[C@H]12. The molecule has 0 spiro atoms. The second kappa shape index (κ2) is 2.31. The van der Waals surface area contributed by atoms with Crippen LogP contribution in [0.15, 0.2) is 0 Å². The number of carbonyl (C=O) groups excluding carboxylic acids is 1. The van der Waals surface area contributed by atoms with Crippen molar-refractivity contribution in [3.63, 3.8) is 0 Å². The lowest BCUT2D eigenvalue weighted by Crippen LogP contribution is -2.30. The van der Waals surface area contributed by atoms with Crippen molar-refractivity contribution in [2.45, 2.75) is 19.3 Å². The van der Waals surface area contributed by atoms with E-state index < -0.39 is 0 Å². The summed E-state index contributed by atoms with van der Waals surface area (Å²) in [6, 6.07) is 0. The predicted molar refractivity (Wildman–Crippen MR) is 61.8 cm³/mol. The third-order valence-corrected chi connectivity index (χ3v) is 7.30. The highest BCUT2D eigenvalue weighted by molar-refractivity contribution is 5.83. The van der Waals surface area contributed by atoms with Crippen molar-refractivity contribution in [2.24, 2.45) is 59.2 Å². The molecule has 7 fully saturated rings. The van der Waals surface area contributed by atoms with Crippen LogP contribution in [-0.2, 0) is 4.79 Å². The second-order valence-corrected chi connectivity index (χ2v) is 7.74. The molecular weight excluding hydrogens is 210 g/mol. The van der Waals surface area contributed by atoms with Crippen LogP contribution in [0.25, 0.3) is 0 Å². The number of hydrogen-bond donors (Lipinski definition) is 1. The Bertz CT molecular complexity index is 418. The van der Waals surface area contributed by atoms with Gasteiger partial charge in [0, 0.05) is 12.5 Å². The van der Waals surface area contributed by atoms with Gasteiger partial charge in [-0.15, -0.1) is 0 Å². The molecule has 7 aliphatic rings. The van der Waals surface area contributed by atoms with E-state index in [1.54, 1.807) is 6.42 Å². The molecule has 0 heterocycles. The van der Waals surface area contributed by atoms with Crippen molar-refractivity contribution in [3.05, 3.63) is 0 Å². The van der Waals surface area contributed by atoms with Gasteiger partial charge in [-0.2, -0.15) is 0 Å². The van der Waals surface area contributed by atoms with Gasteiger partial charge in [-0.1, -0.05) is 0 Å². The van der Waals surface area contributed by atoms with E-state index in [4.69, 9.17) is 0 Å². The number of amides is 1. The molecule has 0 aromatic carbocycles. The molecule has 0 saturated heterocycles. The fraction of sp³-hybridized carbons (Fsp3) is 0.933. The summed E-state index contributed by atoms with van der Waals surface area (Å²) in [4.78, 5) is 12.2. The fourth-order valence-electron chi connectivity index (χ4n) is 6.75. The van der Waals surface area contributed by atoms with Crippen LogP contribution in [-0.4, -0.2) is 12.5 Å². The zero-order valence-corrected chi connectivity index (χ0v) is 10.0. The molecule has 1 amide bonds. The maximum Gasteiger partial charge on any atom is 0.223 e. The third-order valence-electron chi connectivity index (χ3n) is 7.30. The van der Waals surface area contributed by atoms with Crippen LogP contribution in [0.5, 0.6) is 0 Å². The van der Waals surface area contributed by atoms with Crippen molar-refractivity contribution in [1.29, 1.82) is 0 Å². The summed E-state index contributed by atoms with van der Waals surface area (Å²) < 4.78 is 0. The quantitative estimate of drug-likeness (QED) is 0.781. The van der Waals surface area contributed by atoms with Gasteiger partial charge in [0.2, 0.25) is 5.91 Å². The monoisotopic (exact) mass is 229 g/mol. The Hall–Kier alpha value is -0.530. The number of rotatable bonds is 3.